The first-order chi connectivity index (χ1) is 14.5. The molecule has 0 spiro atoms. The first-order valence-corrected chi connectivity index (χ1v) is 11.9. The highest BCUT2D eigenvalue weighted by molar-refractivity contribution is 7.89. The van der Waals surface area contributed by atoms with Gasteiger partial charge in [0.2, 0.25) is 16.0 Å². The summed E-state index contributed by atoms with van der Waals surface area (Å²) in [5.74, 6) is 0.536. The molecule has 1 fully saturated rings. The summed E-state index contributed by atoms with van der Waals surface area (Å²) >= 11 is 0. The van der Waals surface area contributed by atoms with Crippen LogP contribution < -0.4 is 10.1 Å². The van der Waals surface area contributed by atoms with Crippen LogP contribution in [0, 0.1) is 0 Å². The molecule has 4 rings (SSSR count). The average Bonchev–Trinajstić information content (AvgIpc) is 3.00. The minimum atomic E-state index is -3.56. The second-order valence-electron chi connectivity index (χ2n) is 7.75. The van der Waals surface area contributed by atoms with E-state index in [0.717, 1.165) is 42.3 Å². The number of sulfonamides is 1. The number of imidazole rings is 1. The Balaban J connectivity index is 1.49. The molecule has 8 heteroatoms. The maximum atomic E-state index is 12.9. The fourth-order valence-corrected chi connectivity index (χ4v) is 5.13. The Hall–Kier alpha value is -2.71. The van der Waals surface area contributed by atoms with E-state index in [0.29, 0.717) is 11.7 Å². The summed E-state index contributed by atoms with van der Waals surface area (Å²) in [5.41, 5.74) is 6.10. The number of para-hydroxylation sites is 2. The molecule has 1 aliphatic carbocycles. The Bertz CT molecular complexity index is 1110. The van der Waals surface area contributed by atoms with Gasteiger partial charge in [-0.05, 0) is 49.6 Å². The number of anilines is 1. The van der Waals surface area contributed by atoms with E-state index in [9.17, 15) is 8.42 Å². The number of hydrogen-bond donors (Lipinski definition) is 3. The van der Waals surface area contributed by atoms with E-state index >= 15 is 0 Å². The molecule has 1 aromatic heterocycles. The van der Waals surface area contributed by atoms with Gasteiger partial charge in [0.25, 0.3) is 0 Å². The molecule has 3 N–H and O–H groups in total. The monoisotopic (exact) mass is 425 g/mol. The third-order valence-corrected chi connectivity index (χ3v) is 6.98. The summed E-state index contributed by atoms with van der Waals surface area (Å²) in [6.45, 7) is 1.83. The molecule has 0 unspecified atom stereocenters. The summed E-state index contributed by atoms with van der Waals surface area (Å²) in [6, 6.07) is 14.6. The number of hydrogen-bond acceptors (Lipinski definition) is 5. The molecule has 0 atom stereocenters. The van der Waals surface area contributed by atoms with Crippen molar-refractivity contribution in [2.45, 2.75) is 56.4 Å². The maximum absolute atomic E-state index is 12.9. The molecule has 0 saturated heterocycles. The van der Waals surface area contributed by atoms with Crippen molar-refractivity contribution in [2.75, 3.05) is 5.43 Å². The van der Waals surface area contributed by atoms with Crippen molar-refractivity contribution in [2.24, 2.45) is 5.10 Å². The molecule has 0 radical (unpaired) electrons. The lowest BCUT2D eigenvalue weighted by atomic mass is 10.1. The van der Waals surface area contributed by atoms with Crippen LogP contribution >= 0.6 is 0 Å². The van der Waals surface area contributed by atoms with Gasteiger partial charge >= 0.3 is 0 Å². The van der Waals surface area contributed by atoms with E-state index in [1.807, 2.05) is 37.3 Å². The number of H-pyrrole nitrogens is 1. The van der Waals surface area contributed by atoms with Crippen LogP contribution in [0.3, 0.4) is 0 Å². The minimum absolute atomic E-state index is 0.0191. The molecule has 1 saturated carbocycles. The third kappa shape index (κ3) is 4.88. The van der Waals surface area contributed by atoms with Gasteiger partial charge in [-0.25, -0.2) is 23.5 Å². The second-order valence-corrected chi connectivity index (χ2v) is 9.46. The maximum Gasteiger partial charge on any atom is 0.240 e. The van der Waals surface area contributed by atoms with Crippen molar-refractivity contribution in [3.05, 3.63) is 54.1 Å². The van der Waals surface area contributed by atoms with Gasteiger partial charge in [0, 0.05) is 6.04 Å². The molecule has 2 aromatic carbocycles. The van der Waals surface area contributed by atoms with Crippen LogP contribution in [0.2, 0.25) is 0 Å². The van der Waals surface area contributed by atoms with Crippen molar-refractivity contribution in [1.29, 1.82) is 0 Å². The fraction of sp³-hybridized carbons (Fsp3) is 0.364. The molecule has 0 aliphatic heterocycles. The molecule has 0 amide bonds. The van der Waals surface area contributed by atoms with Crippen LogP contribution in [0.25, 0.3) is 11.0 Å². The summed E-state index contributed by atoms with van der Waals surface area (Å²) < 4.78 is 28.7. The fourth-order valence-electron chi connectivity index (χ4n) is 3.78. The van der Waals surface area contributed by atoms with Crippen LogP contribution in [0.1, 0.15) is 51.0 Å². The molecule has 0 bridgehead atoms. The summed E-state index contributed by atoms with van der Waals surface area (Å²) in [7, 11) is -3.56. The lowest BCUT2D eigenvalue weighted by Gasteiger charge is -2.16. The third-order valence-electron chi connectivity index (χ3n) is 5.46. The van der Waals surface area contributed by atoms with E-state index in [1.165, 1.54) is 12.8 Å². The van der Waals surface area contributed by atoms with Crippen molar-refractivity contribution in [3.63, 3.8) is 0 Å². The molecule has 1 heterocycles. The predicted octanol–water partition coefficient (Wildman–Crippen LogP) is 4.40. The highest BCUT2D eigenvalue weighted by Gasteiger charge is 2.21. The Labute approximate surface area is 177 Å². The zero-order valence-corrected chi connectivity index (χ0v) is 17.9. The molecular weight excluding hydrogens is 398 g/mol. The van der Waals surface area contributed by atoms with Crippen LogP contribution in [0.5, 0.6) is 0 Å². The highest BCUT2D eigenvalue weighted by Crippen LogP contribution is 2.20. The molecule has 158 valence electrons. The summed E-state index contributed by atoms with van der Waals surface area (Å²) in [6.07, 6.45) is 6.32. The van der Waals surface area contributed by atoms with E-state index in [2.05, 4.69) is 25.2 Å². The minimum Gasteiger partial charge on any atom is -0.323 e. The van der Waals surface area contributed by atoms with Crippen LogP contribution in [-0.4, -0.2) is 30.1 Å². The van der Waals surface area contributed by atoms with Gasteiger partial charge in [-0.2, -0.15) is 5.10 Å². The van der Waals surface area contributed by atoms with Gasteiger partial charge in [-0.1, -0.05) is 49.9 Å². The van der Waals surface area contributed by atoms with Gasteiger partial charge in [0.15, 0.2) is 0 Å². The number of aromatic nitrogens is 2. The number of hydrazone groups is 1. The Morgan fingerprint density at radius 3 is 2.60 bits per heavy atom. The SMILES string of the molecule is C/C(=N/Nc1nc2ccccc2[nH]1)c1cccc(S(=O)(=O)NC2CCCCCC2)c1. The van der Waals surface area contributed by atoms with Gasteiger partial charge in [0.05, 0.1) is 21.6 Å². The van der Waals surface area contributed by atoms with Crippen molar-refractivity contribution >= 4 is 32.7 Å². The molecular formula is C22H27N5O2S. The number of nitrogens with zero attached hydrogens (tertiary/aromatic N) is 2. The number of aromatic amines is 1. The Kier molecular flexibility index (Phi) is 6.15. The smallest absolute Gasteiger partial charge is 0.240 e. The number of rotatable bonds is 6. The summed E-state index contributed by atoms with van der Waals surface area (Å²) in [4.78, 5) is 7.85. The van der Waals surface area contributed by atoms with Crippen LogP contribution in [0.4, 0.5) is 5.95 Å². The normalized spacial score (nSPS) is 16.5. The van der Waals surface area contributed by atoms with Gasteiger partial charge in [-0.15, -0.1) is 0 Å². The topological polar surface area (TPSA) is 99.2 Å². The number of benzene rings is 2. The quantitative estimate of drug-likeness (QED) is 0.310. The summed E-state index contributed by atoms with van der Waals surface area (Å²) in [5, 5.41) is 4.37. The van der Waals surface area contributed by atoms with E-state index in [4.69, 9.17) is 0 Å². The Morgan fingerprint density at radius 1 is 1.07 bits per heavy atom. The second kappa shape index (κ2) is 8.97. The predicted molar refractivity (Wildman–Crippen MR) is 120 cm³/mol. The van der Waals surface area contributed by atoms with E-state index in [1.54, 1.807) is 18.2 Å². The number of nitrogens with one attached hydrogen (secondary N) is 3. The van der Waals surface area contributed by atoms with Crippen LogP contribution in [0.15, 0.2) is 58.5 Å². The zero-order chi connectivity index (χ0) is 21.0. The first kappa shape index (κ1) is 20.6. The van der Waals surface area contributed by atoms with Gasteiger partial charge in [0.1, 0.15) is 0 Å². The first-order valence-electron chi connectivity index (χ1n) is 10.4. The van der Waals surface area contributed by atoms with E-state index < -0.39 is 10.0 Å². The molecule has 1 aliphatic rings. The van der Waals surface area contributed by atoms with Crippen molar-refractivity contribution < 1.29 is 8.42 Å². The molecule has 3 aromatic rings. The van der Waals surface area contributed by atoms with Crippen molar-refractivity contribution in [3.8, 4) is 0 Å². The Morgan fingerprint density at radius 2 is 1.83 bits per heavy atom. The zero-order valence-electron chi connectivity index (χ0n) is 17.1. The molecule has 30 heavy (non-hydrogen) atoms. The van der Waals surface area contributed by atoms with Crippen molar-refractivity contribution in [1.82, 2.24) is 14.7 Å². The van der Waals surface area contributed by atoms with Gasteiger partial charge in [-0.3, -0.25) is 0 Å². The highest BCUT2D eigenvalue weighted by atomic mass is 32.2. The average molecular weight is 426 g/mol. The lowest BCUT2D eigenvalue weighted by molar-refractivity contribution is 0.510. The largest absolute Gasteiger partial charge is 0.323 e. The number of fused-ring (bicyclic) bond motifs is 1. The van der Waals surface area contributed by atoms with E-state index in [-0.39, 0.29) is 10.9 Å². The van der Waals surface area contributed by atoms with Crippen LogP contribution in [-0.2, 0) is 10.0 Å². The lowest BCUT2D eigenvalue weighted by Crippen LogP contribution is -2.34. The standard InChI is InChI=1S/C22H27N5O2S/c1-16(25-26-22-23-20-13-6-7-14-21(20)24-22)17-9-8-12-19(15-17)30(28,29)27-18-10-4-2-3-5-11-18/h6-9,12-15,18,27H,2-5,10-11H2,1H3,(H2,23,24,26)/b25-16-. The molecule has 7 nitrogen and oxygen atoms in total. The van der Waals surface area contributed by atoms with Gasteiger partial charge < -0.3 is 4.98 Å².